The van der Waals surface area contributed by atoms with E-state index in [1.54, 1.807) is 7.11 Å². The van der Waals surface area contributed by atoms with Crippen molar-refractivity contribution in [3.05, 3.63) is 0 Å². The zero-order chi connectivity index (χ0) is 18.1. The average Bonchev–Trinajstić information content (AvgIpc) is 2.74. The van der Waals surface area contributed by atoms with E-state index in [1.807, 2.05) is 0 Å². The third-order valence-corrected chi connectivity index (χ3v) is 11.3. The van der Waals surface area contributed by atoms with Crippen LogP contribution in [0.2, 0.25) is 18.1 Å². The van der Waals surface area contributed by atoms with Crippen LogP contribution in [-0.4, -0.2) is 46.1 Å². The number of aliphatic hydroxyl groups is 1. The van der Waals surface area contributed by atoms with Crippen molar-refractivity contribution in [2.45, 2.75) is 77.3 Å². The molecule has 0 saturated heterocycles. The van der Waals surface area contributed by atoms with Gasteiger partial charge in [0.05, 0.1) is 12.7 Å². The van der Waals surface area contributed by atoms with Crippen LogP contribution in [0.4, 0.5) is 0 Å². The normalized spacial score (nSPS) is 37.5. The molecule has 0 aliphatic heterocycles. The number of methoxy groups -OCH3 is 1. The Morgan fingerprint density at radius 3 is 2.33 bits per heavy atom. The zero-order valence-electron chi connectivity index (χ0n) is 16.7. The molecular formula is C19H38O4Si. The van der Waals surface area contributed by atoms with E-state index in [4.69, 9.17) is 13.9 Å². The molecule has 2 aliphatic rings. The van der Waals surface area contributed by atoms with Gasteiger partial charge in [-0.3, -0.25) is 0 Å². The molecule has 2 aliphatic carbocycles. The molecule has 0 unspecified atom stereocenters. The lowest BCUT2D eigenvalue weighted by molar-refractivity contribution is -0.0753. The molecule has 6 atom stereocenters. The van der Waals surface area contributed by atoms with E-state index in [0.717, 1.165) is 19.3 Å². The molecule has 4 nitrogen and oxygen atoms in total. The summed E-state index contributed by atoms with van der Waals surface area (Å²) in [7, 11) is -0.129. The molecule has 24 heavy (non-hydrogen) atoms. The monoisotopic (exact) mass is 358 g/mol. The van der Waals surface area contributed by atoms with Crippen LogP contribution in [0.3, 0.4) is 0 Å². The van der Waals surface area contributed by atoms with Crippen molar-refractivity contribution in [3.8, 4) is 0 Å². The highest BCUT2D eigenvalue weighted by atomic mass is 28.4. The van der Waals surface area contributed by atoms with Crippen LogP contribution < -0.4 is 0 Å². The fraction of sp³-hybridized carbons (Fsp3) is 1.00. The van der Waals surface area contributed by atoms with Gasteiger partial charge in [-0.1, -0.05) is 27.7 Å². The summed E-state index contributed by atoms with van der Waals surface area (Å²) in [4.78, 5) is 0. The largest absolute Gasteiger partial charge is 0.414 e. The third kappa shape index (κ3) is 4.42. The van der Waals surface area contributed by atoms with E-state index in [1.165, 1.54) is 0 Å². The van der Waals surface area contributed by atoms with Crippen LogP contribution in [0.25, 0.3) is 0 Å². The third-order valence-electron chi connectivity index (χ3n) is 6.72. The topological polar surface area (TPSA) is 47.9 Å². The maximum Gasteiger partial charge on any atom is 0.192 e. The molecule has 0 spiro atoms. The van der Waals surface area contributed by atoms with E-state index < -0.39 is 8.32 Å². The number of fused-ring (bicyclic) bond motifs is 1. The summed E-state index contributed by atoms with van der Waals surface area (Å²) in [5.74, 6) is 1.77. The molecule has 1 N–H and O–H groups in total. The van der Waals surface area contributed by atoms with Crippen molar-refractivity contribution in [2.24, 2.45) is 23.7 Å². The Bertz CT molecular complexity index is 407. The first-order valence-corrected chi connectivity index (χ1v) is 12.4. The number of hydrogen-bond acceptors (Lipinski definition) is 4. The number of aliphatic hydroxyl groups excluding tert-OH is 1. The van der Waals surface area contributed by atoms with E-state index in [2.05, 4.69) is 40.8 Å². The highest BCUT2D eigenvalue weighted by molar-refractivity contribution is 6.74. The molecule has 0 amide bonds. The maximum absolute atomic E-state index is 10.6. The fourth-order valence-electron chi connectivity index (χ4n) is 4.35. The Labute approximate surface area is 149 Å². The molecule has 2 fully saturated rings. The number of ether oxygens (including phenoxy) is 2. The van der Waals surface area contributed by atoms with Crippen LogP contribution in [0.5, 0.6) is 0 Å². The van der Waals surface area contributed by atoms with E-state index in [0.29, 0.717) is 37.1 Å². The average molecular weight is 359 g/mol. The Morgan fingerprint density at radius 1 is 1.08 bits per heavy atom. The lowest BCUT2D eigenvalue weighted by atomic mass is 9.72. The molecule has 2 saturated carbocycles. The second-order valence-corrected chi connectivity index (χ2v) is 14.3. The summed E-state index contributed by atoms with van der Waals surface area (Å²) >= 11 is 0. The van der Waals surface area contributed by atoms with Gasteiger partial charge in [-0.15, -0.1) is 0 Å². The standard InChI is InChI=1S/C19H38O4Si/c1-13-8-16-14(11-22-12-21-5)9-15(10-17(16)18(13)20)23-24(6,7)19(2,3)4/h13-18,20H,8-12H2,1-7H3/t13-,14+,15+,16+,17-,18+/m0/s1. The number of hydrogen-bond donors (Lipinski definition) is 1. The molecule has 0 aromatic rings. The first-order chi connectivity index (χ1) is 11.1. The van der Waals surface area contributed by atoms with Crippen molar-refractivity contribution in [3.63, 3.8) is 0 Å². The summed E-state index contributed by atoms with van der Waals surface area (Å²) in [6.07, 6.45) is 3.23. The smallest absolute Gasteiger partial charge is 0.192 e. The minimum absolute atomic E-state index is 0.189. The van der Waals surface area contributed by atoms with Gasteiger partial charge in [-0.2, -0.15) is 0 Å². The second-order valence-electron chi connectivity index (χ2n) is 9.54. The van der Waals surface area contributed by atoms with Gasteiger partial charge in [0.2, 0.25) is 0 Å². The van der Waals surface area contributed by atoms with Crippen molar-refractivity contribution in [1.82, 2.24) is 0 Å². The molecule has 0 aromatic heterocycles. The maximum atomic E-state index is 10.6. The SMILES string of the molecule is COCOC[C@H]1C[C@@H](O[Si](C)(C)C(C)(C)C)C[C@@H]2[C@H](O)[C@@H](C)C[C@H]12. The highest BCUT2D eigenvalue weighted by Crippen LogP contribution is 2.50. The Hall–Kier alpha value is 0.0569. The lowest BCUT2D eigenvalue weighted by Gasteiger charge is -2.45. The van der Waals surface area contributed by atoms with Gasteiger partial charge in [-0.25, -0.2) is 0 Å². The van der Waals surface area contributed by atoms with E-state index >= 15 is 0 Å². The first-order valence-electron chi connectivity index (χ1n) is 9.49. The fourth-order valence-corrected chi connectivity index (χ4v) is 5.73. The van der Waals surface area contributed by atoms with Gasteiger partial charge in [-0.05, 0) is 61.1 Å². The molecule has 2 rings (SSSR count). The molecule has 0 bridgehead atoms. The van der Waals surface area contributed by atoms with Gasteiger partial charge in [0, 0.05) is 13.2 Å². The predicted molar refractivity (Wildman–Crippen MR) is 99.4 cm³/mol. The first kappa shape index (κ1) is 20.4. The van der Waals surface area contributed by atoms with Gasteiger partial charge < -0.3 is 19.0 Å². The van der Waals surface area contributed by atoms with Gasteiger partial charge in [0.15, 0.2) is 8.32 Å². The van der Waals surface area contributed by atoms with Crippen LogP contribution in [-0.2, 0) is 13.9 Å². The number of rotatable bonds is 6. The molecule has 142 valence electrons. The summed E-state index contributed by atoms with van der Waals surface area (Å²) in [6, 6.07) is 0. The zero-order valence-corrected chi connectivity index (χ0v) is 17.7. The van der Waals surface area contributed by atoms with E-state index in [9.17, 15) is 5.11 Å². The minimum atomic E-state index is -1.79. The Balaban J connectivity index is 2.08. The summed E-state index contributed by atoms with van der Waals surface area (Å²) in [6.45, 7) is 14.8. The molecule has 5 heteroatoms. The Morgan fingerprint density at radius 2 is 1.75 bits per heavy atom. The van der Waals surface area contributed by atoms with Gasteiger partial charge in [0.1, 0.15) is 6.79 Å². The van der Waals surface area contributed by atoms with Crippen molar-refractivity contribution in [1.29, 1.82) is 0 Å². The minimum Gasteiger partial charge on any atom is -0.414 e. The summed E-state index contributed by atoms with van der Waals surface area (Å²) < 4.78 is 17.5. The lowest BCUT2D eigenvalue weighted by Crippen LogP contribution is -2.48. The van der Waals surface area contributed by atoms with Crippen LogP contribution in [0.1, 0.15) is 47.0 Å². The molecule has 0 radical (unpaired) electrons. The molecular weight excluding hydrogens is 320 g/mol. The molecule has 0 aromatic carbocycles. The van der Waals surface area contributed by atoms with Gasteiger partial charge >= 0.3 is 0 Å². The van der Waals surface area contributed by atoms with Crippen LogP contribution >= 0.6 is 0 Å². The quantitative estimate of drug-likeness (QED) is 0.442. The van der Waals surface area contributed by atoms with Gasteiger partial charge in [0.25, 0.3) is 0 Å². The second kappa shape index (κ2) is 7.75. The van der Waals surface area contributed by atoms with Crippen molar-refractivity contribution in [2.75, 3.05) is 20.5 Å². The highest BCUT2D eigenvalue weighted by Gasteiger charge is 2.50. The van der Waals surface area contributed by atoms with Crippen LogP contribution in [0.15, 0.2) is 0 Å². The summed E-state index contributed by atoms with van der Waals surface area (Å²) in [5.41, 5.74) is 0. The van der Waals surface area contributed by atoms with Crippen molar-refractivity contribution >= 4 is 8.32 Å². The summed E-state index contributed by atoms with van der Waals surface area (Å²) in [5, 5.41) is 10.9. The molecule has 0 heterocycles. The predicted octanol–water partition coefficient (Wildman–Crippen LogP) is 4.04. The van der Waals surface area contributed by atoms with E-state index in [-0.39, 0.29) is 17.2 Å². The Kier molecular flexibility index (Phi) is 6.57. The van der Waals surface area contributed by atoms with Crippen molar-refractivity contribution < 1.29 is 19.0 Å². The van der Waals surface area contributed by atoms with Crippen LogP contribution in [0, 0.1) is 23.7 Å².